The lowest BCUT2D eigenvalue weighted by Crippen LogP contribution is -2.20. The molecule has 1 heterocycles. The third-order valence-electron chi connectivity index (χ3n) is 3.00. The summed E-state index contributed by atoms with van der Waals surface area (Å²) in [5, 5.41) is 5.55. The molecule has 1 aromatic heterocycles. The average molecular weight is 275 g/mol. The van der Waals surface area contributed by atoms with E-state index in [9.17, 15) is 0 Å². The number of nitrogens with one attached hydrogen (secondary N) is 1. The standard InChI is InChI=1S/C16H21NOS/c1-12-8-13(2)10-15(9-12)18-6-5-17-11-16-14(3)4-7-19-16/h4,7-10,17H,5-6,11H2,1-3H3. The number of ether oxygens (including phenoxy) is 1. The molecule has 19 heavy (non-hydrogen) atoms. The first kappa shape index (κ1) is 14.1. The third-order valence-corrected chi connectivity index (χ3v) is 4.02. The summed E-state index contributed by atoms with van der Waals surface area (Å²) in [6, 6.07) is 8.48. The zero-order chi connectivity index (χ0) is 13.7. The van der Waals surface area contributed by atoms with Crippen LogP contribution in [0.15, 0.2) is 29.6 Å². The Balaban J connectivity index is 1.71. The monoisotopic (exact) mass is 275 g/mol. The summed E-state index contributed by atoms with van der Waals surface area (Å²) in [6.45, 7) is 8.84. The van der Waals surface area contributed by atoms with Crippen LogP contribution in [0.2, 0.25) is 0 Å². The van der Waals surface area contributed by atoms with Crippen molar-refractivity contribution in [3.05, 3.63) is 51.2 Å². The molecule has 1 N–H and O–H groups in total. The highest BCUT2D eigenvalue weighted by Crippen LogP contribution is 2.16. The van der Waals surface area contributed by atoms with E-state index in [1.165, 1.54) is 21.6 Å². The van der Waals surface area contributed by atoms with Crippen molar-refractivity contribution in [2.45, 2.75) is 27.3 Å². The van der Waals surface area contributed by atoms with Crippen LogP contribution >= 0.6 is 11.3 Å². The third kappa shape index (κ3) is 4.37. The molecule has 2 rings (SSSR count). The fraction of sp³-hybridized carbons (Fsp3) is 0.375. The van der Waals surface area contributed by atoms with E-state index in [4.69, 9.17) is 4.74 Å². The highest BCUT2D eigenvalue weighted by Gasteiger charge is 1.99. The molecular weight excluding hydrogens is 254 g/mol. The zero-order valence-electron chi connectivity index (χ0n) is 11.8. The lowest BCUT2D eigenvalue weighted by molar-refractivity contribution is 0.313. The van der Waals surface area contributed by atoms with Gasteiger partial charge in [0, 0.05) is 18.0 Å². The van der Waals surface area contributed by atoms with Crippen LogP contribution < -0.4 is 10.1 Å². The lowest BCUT2D eigenvalue weighted by Gasteiger charge is -2.09. The van der Waals surface area contributed by atoms with Gasteiger partial charge in [0.2, 0.25) is 0 Å². The molecule has 0 radical (unpaired) electrons. The van der Waals surface area contributed by atoms with Crippen LogP contribution in [-0.2, 0) is 6.54 Å². The Morgan fingerprint density at radius 3 is 2.47 bits per heavy atom. The largest absolute Gasteiger partial charge is 0.492 e. The number of rotatable bonds is 6. The first-order chi connectivity index (χ1) is 9.15. The molecule has 0 atom stereocenters. The normalized spacial score (nSPS) is 10.7. The van der Waals surface area contributed by atoms with Crippen LogP contribution in [0.3, 0.4) is 0 Å². The van der Waals surface area contributed by atoms with Gasteiger partial charge in [-0.15, -0.1) is 11.3 Å². The maximum atomic E-state index is 5.76. The zero-order valence-corrected chi connectivity index (χ0v) is 12.6. The Bertz CT molecular complexity index is 513. The van der Waals surface area contributed by atoms with E-state index in [-0.39, 0.29) is 0 Å². The molecule has 0 fully saturated rings. The SMILES string of the molecule is Cc1cc(C)cc(OCCNCc2sccc2C)c1. The Hall–Kier alpha value is -1.32. The van der Waals surface area contributed by atoms with Crippen molar-refractivity contribution in [3.8, 4) is 5.75 Å². The summed E-state index contributed by atoms with van der Waals surface area (Å²) in [5.74, 6) is 0.964. The van der Waals surface area contributed by atoms with Gasteiger partial charge in [0.15, 0.2) is 0 Å². The summed E-state index contributed by atoms with van der Waals surface area (Å²) < 4.78 is 5.76. The molecule has 0 spiro atoms. The van der Waals surface area contributed by atoms with Crippen molar-refractivity contribution in [2.75, 3.05) is 13.2 Å². The van der Waals surface area contributed by atoms with E-state index in [0.717, 1.165) is 18.8 Å². The molecule has 0 saturated heterocycles. The Morgan fingerprint density at radius 1 is 1.11 bits per heavy atom. The first-order valence-electron chi connectivity index (χ1n) is 6.60. The molecular formula is C16H21NOS. The second-order valence-corrected chi connectivity index (χ2v) is 5.88. The van der Waals surface area contributed by atoms with E-state index >= 15 is 0 Å². The van der Waals surface area contributed by atoms with Gasteiger partial charge in [0.1, 0.15) is 12.4 Å². The van der Waals surface area contributed by atoms with Crippen LogP contribution in [0, 0.1) is 20.8 Å². The van der Waals surface area contributed by atoms with Gasteiger partial charge in [-0.25, -0.2) is 0 Å². The highest BCUT2D eigenvalue weighted by molar-refractivity contribution is 7.10. The van der Waals surface area contributed by atoms with Crippen molar-refractivity contribution in [2.24, 2.45) is 0 Å². The molecule has 102 valence electrons. The molecule has 0 amide bonds. The number of hydrogen-bond acceptors (Lipinski definition) is 3. The number of benzene rings is 1. The minimum Gasteiger partial charge on any atom is -0.492 e. The first-order valence-corrected chi connectivity index (χ1v) is 7.48. The molecule has 2 nitrogen and oxygen atoms in total. The van der Waals surface area contributed by atoms with E-state index in [1.807, 2.05) is 0 Å². The summed E-state index contributed by atoms with van der Waals surface area (Å²) in [5.41, 5.74) is 3.86. The van der Waals surface area contributed by atoms with Crippen molar-refractivity contribution >= 4 is 11.3 Å². The second-order valence-electron chi connectivity index (χ2n) is 4.88. The van der Waals surface area contributed by atoms with Crippen LogP contribution in [0.4, 0.5) is 0 Å². The lowest BCUT2D eigenvalue weighted by atomic mass is 10.1. The molecule has 0 bridgehead atoms. The Kier molecular flexibility index (Phi) is 5.00. The van der Waals surface area contributed by atoms with Gasteiger partial charge in [-0.1, -0.05) is 6.07 Å². The highest BCUT2D eigenvalue weighted by atomic mass is 32.1. The quantitative estimate of drug-likeness (QED) is 0.809. The van der Waals surface area contributed by atoms with Gasteiger partial charge in [-0.05, 0) is 61.0 Å². The van der Waals surface area contributed by atoms with Crippen molar-refractivity contribution < 1.29 is 4.74 Å². The topological polar surface area (TPSA) is 21.3 Å². The minimum absolute atomic E-state index is 0.702. The Labute approximate surface area is 119 Å². The van der Waals surface area contributed by atoms with Crippen LogP contribution in [0.1, 0.15) is 21.6 Å². The van der Waals surface area contributed by atoms with E-state index < -0.39 is 0 Å². The van der Waals surface area contributed by atoms with Gasteiger partial charge in [0.05, 0.1) is 0 Å². The number of hydrogen-bond donors (Lipinski definition) is 1. The molecule has 0 saturated carbocycles. The Morgan fingerprint density at radius 2 is 1.84 bits per heavy atom. The van der Waals surface area contributed by atoms with Gasteiger partial charge in [-0.2, -0.15) is 0 Å². The maximum Gasteiger partial charge on any atom is 0.119 e. The fourth-order valence-electron chi connectivity index (χ4n) is 2.04. The maximum absolute atomic E-state index is 5.76. The molecule has 1 aromatic carbocycles. The predicted octanol–water partition coefficient (Wildman–Crippen LogP) is 3.84. The van der Waals surface area contributed by atoms with Crippen molar-refractivity contribution in [1.29, 1.82) is 0 Å². The van der Waals surface area contributed by atoms with Gasteiger partial charge in [-0.3, -0.25) is 0 Å². The summed E-state index contributed by atoms with van der Waals surface area (Å²) in [7, 11) is 0. The summed E-state index contributed by atoms with van der Waals surface area (Å²) in [6.07, 6.45) is 0. The molecule has 0 aliphatic carbocycles. The van der Waals surface area contributed by atoms with E-state index in [2.05, 4.69) is 55.7 Å². The van der Waals surface area contributed by atoms with E-state index in [0.29, 0.717) is 6.61 Å². The minimum atomic E-state index is 0.702. The summed E-state index contributed by atoms with van der Waals surface area (Å²) in [4.78, 5) is 1.41. The smallest absolute Gasteiger partial charge is 0.119 e. The van der Waals surface area contributed by atoms with Gasteiger partial charge >= 0.3 is 0 Å². The van der Waals surface area contributed by atoms with Crippen LogP contribution in [0.5, 0.6) is 5.75 Å². The van der Waals surface area contributed by atoms with Crippen LogP contribution in [-0.4, -0.2) is 13.2 Å². The number of thiophene rings is 1. The molecule has 0 aliphatic rings. The molecule has 0 unspecified atom stereocenters. The number of aryl methyl sites for hydroxylation is 3. The van der Waals surface area contributed by atoms with Gasteiger partial charge < -0.3 is 10.1 Å². The molecule has 0 aliphatic heterocycles. The van der Waals surface area contributed by atoms with E-state index in [1.54, 1.807) is 11.3 Å². The predicted molar refractivity (Wildman–Crippen MR) is 82.2 cm³/mol. The van der Waals surface area contributed by atoms with Crippen molar-refractivity contribution in [3.63, 3.8) is 0 Å². The molecule has 3 heteroatoms. The fourth-order valence-corrected chi connectivity index (χ4v) is 2.92. The van der Waals surface area contributed by atoms with Crippen molar-refractivity contribution in [1.82, 2.24) is 5.32 Å². The second kappa shape index (κ2) is 6.73. The van der Waals surface area contributed by atoms with Gasteiger partial charge in [0.25, 0.3) is 0 Å². The average Bonchev–Trinajstić information content (AvgIpc) is 2.73. The molecule has 2 aromatic rings. The summed E-state index contributed by atoms with van der Waals surface area (Å²) >= 11 is 1.80. The van der Waals surface area contributed by atoms with Crippen LogP contribution in [0.25, 0.3) is 0 Å².